The third kappa shape index (κ3) is 2.88. The smallest absolute Gasteiger partial charge is 0.0616 e. The molecule has 84 valence electrons. The molecule has 0 saturated heterocycles. The summed E-state index contributed by atoms with van der Waals surface area (Å²) in [4.78, 5) is 0. The minimum atomic E-state index is -0.180. The maximum Gasteiger partial charge on any atom is 0.0616 e. The van der Waals surface area contributed by atoms with Crippen molar-refractivity contribution in [1.82, 2.24) is 0 Å². The van der Waals surface area contributed by atoms with Crippen LogP contribution in [0.4, 0.5) is 0 Å². The standard InChI is InChI=1S/C11H23NOS/c1-14-8-5-10(13)11(9-12)6-3-2-4-7-11/h10,13H,2-9,12H2,1H3. The second kappa shape index (κ2) is 5.99. The number of hydrogen-bond donors (Lipinski definition) is 2. The van der Waals surface area contributed by atoms with Crippen LogP contribution in [0.5, 0.6) is 0 Å². The summed E-state index contributed by atoms with van der Waals surface area (Å²) in [6, 6.07) is 0. The number of rotatable bonds is 5. The Morgan fingerprint density at radius 2 is 2.00 bits per heavy atom. The molecule has 1 saturated carbocycles. The molecule has 3 N–H and O–H groups in total. The molecule has 1 atom stereocenters. The van der Waals surface area contributed by atoms with Gasteiger partial charge in [0.1, 0.15) is 0 Å². The summed E-state index contributed by atoms with van der Waals surface area (Å²) in [5, 5.41) is 10.2. The van der Waals surface area contributed by atoms with Gasteiger partial charge in [-0.1, -0.05) is 19.3 Å². The number of hydrogen-bond acceptors (Lipinski definition) is 3. The zero-order valence-electron chi connectivity index (χ0n) is 9.17. The van der Waals surface area contributed by atoms with Crippen molar-refractivity contribution in [2.24, 2.45) is 11.1 Å². The van der Waals surface area contributed by atoms with E-state index in [1.165, 1.54) is 19.3 Å². The van der Waals surface area contributed by atoms with Gasteiger partial charge in [0.2, 0.25) is 0 Å². The zero-order chi connectivity index (χ0) is 10.4. The van der Waals surface area contributed by atoms with E-state index in [-0.39, 0.29) is 11.5 Å². The lowest BCUT2D eigenvalue weighted by Gasteiger charge is -2.40. The molecule has 1 aliphatic carbocycles. The highest BCUT2D eigenvalue weighted by Crippen LogP contribution is 2.39. The van der Waals surface area contributed by atoms with Crippen molar-refractivity contribution >= 4 is 11.8 Å². The molecule has 2 nitrogen and oxygen atoms in total. The van der Waals surface area contributed by atoms with E-state index < -0.39 is 0 Å². The number of aliphatic hydroxyl groups is 1. The van der Waals surface area contributed by atoms with Crippen molar-refractivity contribution < 1.29 is 5.11 Å². The summed E-state index contributed by atoms with van der Waals surface area (Å²) in [6.07, 6.45) is 8.86. The van der Waals surface area contributed by atoms with E-state index in [0.29, 0.717) is 6.54 Å². The van der Waals surface area contributed by atoms with Crippen LogP contribution in [0.3, 0.4) is 0 Å². The maximum atomic E-state index is 10.2. The van der Waals surface area contributed by atoms with Crippen LogP contribution in [-0.4, -0.2) is 29.8 Å². The number of nitrogens with two attached hydrogens (primary N) is 1. The molecule has 0 amide bonds. The topological polar surface area (TPSA) is 46.2 Å². The highest BCUT2D eigenvalue weighted by Gasteiger charge is 2.37. The van der Waals surface area contributed by atoms with E-state index in [1.807, 2.05) is 0 Å². The molecule has 0 aromatic carbocycles. The van der Waals surface area contributed by atoms with Gasteiger partial charge in [-0.15, -0.1) is 0 Å². The summed E-state index contributed by atoms with van der Waals surface area (Å²) < 4.78 is 0. The summed E-state index contributed by atoms with van der Waals surface area (Å²) in [5.74, 6) is 1.04. The Labute approximate surface area is 91.6 Å². The van der Waals surface area contributed by atoms with E-state index in [4.69, 9.17) is 5.73 Å². The first-order valence-electron chi connectivity index (χ1n) is 5.62. The minimum absolute atomic E-state index is 0.0496. The lowest BCUT2D eigenvalue weighted by molar-refractivity contribution is 0.00113. The van der Waals surface area contributed by atoms with Gasteiger partial charge in [-0.05, 0) is 31.3 Å². The molecule has 14 heavy (non-hydrogen) atoms. The van der Waals surface area contributed by atoms with Crippen LogP contribution in [0.25, 0.3) is 0 Å². The average Bonchev–Trinajstić information content (AvgIpc) is 2.26. The van der Waals surface area contributed by atoms with Gasteiger partial charge in [-0.2, -0.15) is 11.8 Å². The van der Waals surface area contributed by atoms with Crippen molar-refractivity contribution in [1.29, 1.82) is 0 Å². The Bertz CT molecular complexity index is 157. The average molecular weight is 217 g/mol. The third-order valence-electron chi connectivity index (χ3n) is 3.56. The molecule has 1 rings (SSSR count). The SMILES string of the molecule is CSCCC(O)C1(CN)CCCCC1. The molecule has 0 spiro atoms. The van der Waals surface area contributed by atoms with Gasteiger partial charge in [0.15, 0.2) is 0 Å². The Balaban J connectivity index is 2.48. The van der Waals surface area contributed by atoms with Gasteiger partial charge in [-0.25, -0.2) is 0 Å². The minimum Gasteiger partial charge on any atom is -0.392 e. The third-order valence-corrected chi connectivity index (χ3v) is 4.20. The van der Waals surface area contributed by atoms with Crippen LogP contribution in [0.15, 0.2) is 0 Å². The first-order chi connectivity index (χ1) is 6.75. The van der Waals surface area contributed by atoms with Gasteiger partial charge in [0, 0.05) is 12.0 Å². The first kappa shape index (κ1) is 12.3. The van der Waals surface area contributed by atoms with Crippen LogP contribution in [0.1, 0.15) is 38.5 Å². The molecule has 0 heterocycles. The highest BCUT2D eigenvalue weighted by atomic mass is 32.2. The van der Waals surface area contributed by atoms with Crippen molar-refractivity contribution in [2.45, 2.75) is 44.6 Å². The summed E-state index contributed by atoms with van der Waals surface area (Å²) in [5.41, 5.74) is 5.89. The molecule has 3 heteroatoms. The fourth-order valence-electron chi connectivity index (χ4n) is 2.46. The second-order valence-corrected chi connectivity index (χ2v) is 5.41. The molecule has 1 unspecified atom stereocenters. The summed E-state index contributed by atoms with van der Waals surface area (Å²) >= 11 is 1.80. The van der Waals surface area contributed by atoms with Gasteiger partial charge in [0.05, 0.1) is 6.10 Å². The highest BCUT2D eigenvalue weighted by molar-refractivity contribution is 7.98. The van der Waals surface area contributed by atoms with Gasteiger partial charge >= 0.3 is 0 Å². The van der Waals surface area contributed by atoms with Crippen molar-refractivity contribution in [3.05, 3.63) is 0 Å². The monoisotopic (exact) mass is 217 g/mol. The fraction of sp³-hybridized carbons (Fsp3) is 1.00. The number of aliphatic hydroxyl groups excluding tert-OH is 1. The van der Waals surface area contributed by atoms with E-state index in [1.54, 1.807) is 11.8 Å². The Morgan fingerprint density at radius 3 is 2.50 bits per heavy atom. The molecular weight excluding hydrogens is 194 g/mol. The predicted molar refractivity (Wildman–Crippen MR) is 63.6 cm³/mol. The molecule has 0 radical (unpaired) electrons. The fourth-order valence-corrected chi connectivity index (χ4v) is 2.92. The molecule has 0 aromatic rings. The molecule has 0 aliphatic heterocycles. The van der Waals surface area contributed by atoms with E-state index >= 15 is 0 Å². The Kier molecular flexibility index (Phi) is 5.28. The summed E-state index contributed by atoms with van der Waals surface area (Å²) in [6.45, 7) is 0.655. The largest absolute Gasteiger partial charge is 0.392 e. The summed E-state index contributed by atoms with van der Waals surface area (Å²) in [7, 11) is 0. The van der Waals surface area contributed by atoms with Gasteiger partial charge in [0.25, 0.3) is 0 Å². The van der Waals surface area contributed by atoms with Crippen molar-refractivity contribution in [2.75, 3.05) is 18.6 Å². The second-order valence-electron chi connectivity index (χ2n) is 4.42. The number of thioether (sulfide) groups is 1. The quantitative estimate of drug-likeness (QED) is 0.740. The van der Waals surface area contributed by atoms with E-state index in [0.717, 1.165) is 25.0 Å². The predicted octanol–water partition coefficient (Wildman–Crippen LogP) is 2.01. The molecular formula is C11H23NOS. The molecule has 1 aliphatic rings. The van der Waals surface area contributed by atoms with Crippen LogP contribution in [0.2, 0.25) is 0 Å². The lowest BCUT2D eigenvalue weighted by Crippen LogP contribution is -2.43. The molecule has 1 fully saturated rings. The lowest BCUT2D eigenvalue weighted by atomic mass is 9.69. The van der Waals surface area contributed by atoms with E-state index in [2.05, 4.69) is 6.26 Å². The zero-order valence-corrected chi connectivity index (χ0v) is 9.98. The molecule has 0 aromatic heterocycles. The van der Waals surface area contributed by atoms with Crippen LogP contribution in [0, 0.1) is 5.41 Å². The first-order valence-corrected chi connectivity index (χ1v) is 7.01. The van der Waals surface area contributed by atoms with Crippen LogP contribution < -0.4 is 5.73 Å². The van der Waals surface area contributed by atoms with E-state index in [9.17, 15) is 5.11 Å². The Hall–Kier alpha value is 0.270. The van der Waals surface area contributed by atoms with Crippen LogP contribution >= 0.6 is 11.8 Å². The van der Waals surface area contributed by atoms with Gasteiger partial charge in [-0.3, -0.25) is 0 Å². The molecule has 0 bridgehead atoms. The van der Waals surface area contributed by atoms with Gasteiger partial charge < -0.3 is 10.8 Å². The normalized spacial score (nSPS) is 23.4. The Morgan fingerprint density at radius 1 is 1.36 bits per heavy atom. The maximum absolute atomic E-state index is 10.2. The van der Waals surface area contributed by atoms with Crippen LogP contribution in [-0.2, 0) is 0 Å². The van der Waals surface area contributed by atoms with Crippen molar-refractivity contribution in [3.63, 3.8) is 0 Å². The van der Waals surface area contributed by atoms with Crippen molar-refractivity contribution in [3.8, 4) is 0 Å².